The largest absolute Gasteiger partial charge is 0.495 e. The second-order valence-electron chi connectivity index (χ2n) is 12.5. The fraction of sp³-hybridized carbons (Fsp3) is 0.529. The number of rotatable bonds is 9. The summed E-state index contributed by atoms with van der Waals surface area (Å²) >= 11 is 1.77. The topological polar surface area (TPSA) is 92.6 Å². The van der Waals surface area contributed by atoms with Crippen LogP contribution in [0.4, 0.5) is 5.69 Å². The molecule has 0 unspecified atom stereocenters. The molecule has 0 saturated heterocycles. The molecule has 0 radical (unpaired) electrons. The zero-order chi connectivity index (χ0) is 29.2. The Hall–Kier alpha value is -3.26. The number of methoxy groups -OCH3 is 1. The lowest BCUT2D eigenvalue weighted by Gasteiger charge is -2.36. The maximum absolute atomic E-state index is 14.1. The Bertz CT molecular complexity index is 1420. The fourth-order valence-electron chi connectivity index (χ4n) is 6.81. The van der Waals surface area contributed by atoms with E-state index in [-0.39, 0.29) is 17.7 Å². The molecule has 1 N–H and O–H groups in total. The zero-order valence-corrected chi connectivity index (χ0v) is 25.4. The van der Waals surface area contributed by atoms with E-state index in [2.05, 4.69) is 35.3 Å². The lowest BCUT2D eigenvalue weighted by molar-refractivity contribution is -0.144. The van der Waals surface area contributed by atoms with Crippen LogP contribution in [0.2, 0.25) is 0 Å². The Balaban J connectivity index is 1.19. The summed E-state index contributed by atoms with van der Waals surface area (Å²) in [5, 5.41) is 10.7. The standard InChI is InChI=1S/C34H41N3O4S/c1-21-30(41-2)17-16-29(36-21)23-8-6-22(7-9-23)20-37(33(38)25-12-14-26(15-13-25)34(39)40)28-5-3-4-27(18-28)31-19-35-32(42-31)24-10-11-24/h3-5,16-19,22-26H,6-15,20H2,1-2H3,(H,39,40). The molecular formula is C34H41N3O4S. The maximum atomic E-state index is 14.1. The number of aliphatic carboxylic acids is 1. The highest BCUT2D eigenvalue weighted by atomic mass is 32.1. The van der Waals surface area contributed by atoms with Gasteiger partial charge in [0, 0.05) is 41.9 Å². The summed E-state index contributed by atoms with van der Waals surface area (Å²) in [6.45, 7) is 2.69. The Kier molecular flexibility index (Phi) is 8.61. The van der Waals surface area contributed by atoms with Gasteiger partial charge in [0.1, 0.15) is 5.75 Å². The third-order valence-electron chi connectivity index (χ3n) is 9.57. The average Bonchev–Trinajstić information content (AvgIpc) is 3.75. The maximum Gasteiger partial charge on any atom is 0.306 e. The first kappa shape index (κ1) is 28.8. The van der Waals surface area contributed by atoms with Crippen molar-refractivity contribution in [3.05, 3.63) is 59.0 Å². The van der Waals surface area contributed by atoms with Crippen molar-refractivity contribution >= 4 is 28.9 Å². The third kappa shape index (κ3) is 6.38. The minimum Gasteiger partial charge on any atom is -0.495 e. The van der Waals surface area contributed by atoms with E-state index in [4.69, 9.17) is 9.72 Å². The van der Waals surface area contributed by atoms with Gasteiger partial charge >= 0.3 is 5.97 Å². The molecule has 2 heterocycles. The molecule has 8 heteroatoms. The molecule has 0 aliphatic heterocycles. The predicted molar refractivity (Wildman–Crippen MR) is 165 cm³/mol. The summed E-state index contributed by atoms with van der Waals surface area (Å²) in [6.07, 6.45) is 11.1. The number of carbonyl (C=O) groups is 2. The highest BCUT2D eigenvalue weighted by Crippen LogP contribution is 2.44. The number of thiazole rings is 1. The summed E-state index contributed by atoms with van der Waals surface area (Å²) in [4.78, 5) is 38.3. The van der Waals surface area contributed by atoms with Gasteiger partial charge in [0.15, 0.2) is 0 Å². The zero-order valence-electron chi connectivity index (χ0n) is 24.6. The van der Waals surface area contributed by atoms with Crippen molar-refractivity contribution in [2.45, 2.75) is 83.0 Å². The van der Waals surface area contributed by atoms with Crippen LogP contribution < -0.4 is 9.64 Å². The Morgan fingerprint density at radius 1 is 0.952 bits per heavy atom. The molecule has 0 atom stereocenters. The number of pyridine rings is 1. The van der Waals surface area contributed by atoms with Crippen LogP contribution in [0.3, 0.4) is 0 Å². The van der Waals surface area contributed by atoms with Gasteiger partial charge in [-0.05, 0) is 107 Å². The molecule has 0 spiro atoms. The van der Waals surface area contributed by atoms with Crippen LogP contribution in [0.15, 0.2) is 42.6 Å². The molecule has 3 saturated carbocycles. The number of nitrogens with zero attached hydrogens (tertiary/aromatic N) is 3. The van der Waals surface area contributed by atoms with Crippen LogP contribution in [-0.2, 0) is 9.59 Å². The van der Waals surface area contributed by atoms with Crippen molar-refractivity contribution in [1.82, 2.24) is 9.97 Å². The van der Waals surface area contributed by atoms with E-state index in [1.165, 1.54) is 17.8 Å². The number of ether oxygens (including phenoxy) is 1. The van der Waals surface area contributed by atoms with Gasteiger partial charge in [0.25, 0.3) is 0 Å². The van der Waals surface area contributed by atoms with Crippen LogP contribution >= 0.6 is 11.3 Å². The van der Waals surface area contributed by atoms with Crippen molar-refractivity contribution in [3.8, 4) is 16.2 Å². The molecule has 222 valence electrons. The molecular weight excluding hydrogens is 546 g/mol. The first-order valence-corrected chi connectivity index (χ1v) is 16.3. The molecule has 3 fully saturated rings. The van der Waals surface area contributed by atoms with E-state index in [1.807, 2.05) is 24.1 Å². The second kappa shape index (κ2) is 12.5. The molecule has 3 aromatic rings. The monoisotopic (exact) mass is 587 g/mol. The number of hydrogen-bond acceptors (Lipinski definition) is 6. The van der Waals surface area contributed by atoms with Crippen LogP contribution in [0.5, 0.6) is 5.75 Å². The van der Waals surface area contributed by atoms with Gasteiger partial charge in [-0.15, -0.1) is 11.3 Å². The van der Waals surface area contributed by atoms with Gasteiger partial charge in [-0.25, -0.2) is 4.98 Å². The third-order valence-corrected chi connectivity index (χ3v) is 10.8. The van der Waals surface area contributed by atoms with E-state index >= 15 is 0 Å². The van der Waals surface area contributed by atoms with Crippen LogP contribution in [0.25, 0.3) is 10.4 Å². The number of anilines is 1. The summed E-state index contributed by atoms with van der Waals surface area (Å²) in [5.74, 6) is 1.24. The predicted octanol–water partition coefficient (Wildman–Crippen LogP) is 7.60. The van der Waals surface area contributed by atoms with Gasteiger partial charge in [-0.2, -0.15) is 0 Å². The number of hydrogen-bond donors (Lipinski definition) is 1. The second-order valence-corrected chi connectivity index (χ2v) is 13.5. The molecule has 1 amide bonds. The fourth-order valence-corrected chi connectivity index (χ4v) is 7.89. The average molecular weight is 588 g/mol. The number of carboxylic acid groups (broad SMARTS) is 1. The minimum atomic E-state index is -0.737. The summed E-state index contributed by atoms with van der Waals surface area (Å²) in [7, 11) is 1.68. The number of aromatic nitrogens is 2. The smallest absolute Gasteiger partial charge is 0.306 e. The van der Waals surface area contributed by atoms with E-state index in [0.717, 1.165) is 58.9 Å². The highest BCUT2D eigenvalue weighted by Gasteiger charge is 2.35. The van der Waals surface area contributed by atoms with Crippen molar-refractivity contribution < 1.29 is 19.4 Å². The van der Waals surface area contributed by atoms with Gasteiger partial charge in [-0.1, -0.05) is 12.1 Å². The lowest BCUT2D eigenvalue weighted by atomic mass is 9.79. The number of aryl methyl sites for hydroxylation is 1. The Labute approximate surface area is 252 Å². The van der Waals surface area contributed by atoms with Crippen molar-refractivity contribution in [2.24, 2.45) is 17.8 Å². The number of amides is 1. The van der Waals surface area contributed by atoms with E-state index in [1.54, 1.807) is 18.4 Å². The van der Waals surface area contributed by atoms with Crippen molar-refractivity contribution in [3.63, 3.8) is 0 Å². The molecule has 2 aromatic heterocycles. The van der Waals surface area contributed by atoms with Crippen LogP contribution in [0, 0.1) is 24.7 Å². The molecule has 7 nitrogen and oxygen atoms in total. The minimum absolute atomic E-state index is 0.128. The van der Waals surface area contributed by atoms with E-state index in [9.17, 15) is 14.7 Å². The van der Waals surface area contributed by atoms with Crippen molar-refractivity contribution in [2.75, 3.05) is 18.6 Å². The first-order chi connectivity index (χ1) is 20.4. The summed E-state index contributed by atoms with van der Waals surface area (Å²) in [6, 6.07) is 12.5. The van der Waals surface area contributed by atoms with Gasteiger partial charge in [0.2, 0.25) is 5.91 Å². The highest BCUT2D eigenvalue weighted by molar-refractivity contribution is 7.15. The SMILES string of the molecule is COc1ccc(C2CCC(CN(C(=O)C3CCC(C(=O)O)CC3)c3cccc(-c4cnc(C5CC5)s4)c3)CC2)nc1C. The summed E-state index contributed by atoms with van der Waals surface area (Å²) in [5.41, 5.74) is 4.11. The quantitative estimate of drug-likeness (QED) is 0.277. The number of carbonyl (C=O) groups excluding carboxylic acids is 1. The van der Waals surface area contributed by atoms with Crippen molar-refractivity contribution in [1.29, 1.82) is 0 Å². The van der Waals surface area contributed by atoms with Crippen LogP contribution in [0.1, 0.15) is 92.4 Å². The molecule has 1 aromatic carbocycles. The van der Waals surface area contributed by atoms with Gasteiger partial charge in [0.05, 0.1) is 28.6 Å². The number of carboxylic acids is 1. The normalized spacial score (nSPS) is 24.2. The molecule has 42 heavy (non-hydrogen) atoms. The molecule has 0 bridgehead atoms. The number of benzene rings is 1. The van der Waals surface area contributed by atoms with E-state index in [0.29, 0.717) is 50.0 Å². The molecule has 3 aliphatic carbocycles. The van der Waals surface area contributed by atoms with E-state index < -0.39 is 5.97 Å². The first-order valence-electron chi connectivity index (χ1n) is 15.5. The molecule has 3 aliphatic rings. The Morgan fingerprint density at radius 2 is 1.67 bits per heavy atom. The van der Waals surface area contributed by atoms with Gasteiger partial charge < -0.3 is 14.7 Å². The Morgan fingerprint density at radius 3 is 2.33 bits per heavy atom. The lowest BCUT2D eigenvalue weighted by Crippen LogP contribution is -2.41. The molecule has 6 rings (SSSR count). The van der Waals surface area contributed by atoms with Crippen LogP contribution in [-0.4, -0.2) is 40.6 Å². The summed E-state index contributed by atoms with van der Waals surface area (Å²) < 4.78 is 5.40. The van der Waals surface area contributed by atoms with Gasteiger partial charge in [-0.3, -0.25) is 14.6 Å².